The molecular formula is C27H27FN8O2. The summed E-state index contributed by atoms with van der Waals surface area (Å²) in [5, 5.41) is 12.7. The Morgan fingerprint density at radius 2 is 2.11 bits per heavy atom. The van der Waals surface area contributed by atoms with Gasteiger partial charge in [-0.1, -0.05) is 19.1 Å². The summed E-state index contributed by atoms with van der Waals surface area (Å²) in [6.45, 7) is 2.92. The normalized spacial score (nSPS) is 16.1. The van der Waals surface area contributed by atoms with Crippen molar-refractivity contribution in [3.8, 4) is 16.9 Å². The third-order valence-corrected chi connectivity index (χ3v) is 7.12. The van der Waals surface area contributed by atoms with E-state index in [2.05, 4.69) is 31.1 Å². The minimum Gasteiger partial charge on any atom is -0.505 e. The molecule has 4 heterocycles. The van der Waals surface area contributed by atoms with Crippen molar-refractivity contribution in [1.82, 2.24) is 30.3 Å². The Morgan fingerprint density at radius 1 is 1.24 bits per heavy atom. The number of hydrogen-bond acceptors (Lipinski definition) is 8. The van der Waals surface area contributed by atoms with Gasteiger partial charge < -0.3 is 25.7 Å². The number of benzene rings is 2. The second-order valence-electron chi connectivity index (χ2n) is 9.38. The number of rotatable bonds is 5. The lowest BCUT2D eigenvalue weighted by atomic mass is 9.95. The largest absolute Gasteiger partial charge is 0.505 e. The molecule has 2 aliphatic rings. The number of anilines is 2. The van der Waals surface area contributed by atoms with E-state index in [1.54, 1.807) is 11.9 Å². The highest BCUT2D eigenvalue weighted by Gasteiger charge is 2.31. The Hall–Kier alpha value is -4.51. The van der Waals surface area contributed by atoms with Crippen molar-refractivity contribution < 1.29 is 14.3 Å². The van der Waals surface area contributed by atoms with Gasteiger partial charge in [0, 0.05) is 31.3 Å². The molecule has 2 aliphatic heterocycles. The number of hydrazine groups is 1. The fourth-order valence-electron chi connectivity index (χ4n) is 5.04. The Morgan fingerprint density at radius 3 is 2.87 bits per heavy atom. The summed E-state index contributed by atoms with van der Waals surface area (Å²) in [7, 11) is 1.75. The number of phenols is 1. The van der Waals surface area contributed by atoms with Gasteiger partial charge in [0.2, 0.25) is 0 Å². The van der Waals surface area contributed by atoms with Gasteiger partial charge in [-0.3, -0.25) is 4.79 Å². The van der Waals surface area contributed by atoms with Crippen LogP contribution in [-0.2, 0) is 19.4 Å². The summed E-state index contributed by atoms with van der Waals surface area (Å²) in [6, 6.07) is 8.57. The number of aryl methyl sites for hydroxylation is 1. The van der Waals surface area contributed by atoms with Crippen LogP contribution in [0.2, 0.25) is 0 Å². The molecular weight excluding hydrogens is 487 g/mol. The highest BCUT2D eigenvalue weighted by Crippen LogP contribution is 2.38. The third kappa shape index (κ3) is 4.10. The number of hydrogen-bond donors (Lipinski definition) is 5. The molecule has 38 heavy (non-hydrogen) atoms. The number of fused-ring (bicyclic) bond motifs is 2. The highest BCUT2D eigenvalue weighted by atomic mass is 19.1. The first kappa shape index (κ1) is 23.9. The number of nitrogens with one attached hydrogen (secondary N) is 4. The molecule has 0 aliphatic carbocycles. The number of nitrogens with zero attached hydrogens (tertiary/aromatic N) is 4. The predicted octanol–water partition coefficient (Wildman–Crippen LogP) is 3.53. The van der Waals surface area contributed by atoms with Gasteiger partial charge in [0.15, 0.2) is 11.6 Å². The first-order chi connectivity index (χ1) is 18.4. The zero-order chi connectivity index (χ0) is 26.4. The maximum Gasteiger partial charge on any atom is 0.274 e. The summed E-state index contributed by atoms with van der Waals surface area (Å²) in [4.78, 5) is 31.4. The first-order valence-electron chi connectivity index (χ1n) is 12.5. The van der Waals surface area contributed by atoms with Crippen LogP contribution in [0.1, 0.15) is 51.8 Å². The molecule has 1 unspecified atom stereocenters. The van der Waals surface area contributed by atoms with Crippen LogP contribution in [0.3, 0.4) is 0 Å². The zero-order valence-corrected chi connectivity index (χ0v) is 21.0. The number of carbonyl (C=O) groups is 1. The second-order valence-corrected chi connectivity index (χ2v) is 9.38. The number of aromatic hydroxyl groups is 1. The van der Waals surface area contributed by atoms with Crippen molar-refractivity contribution in [2.45, 2.75) is 32.4 Å². The Labute approximate surface area is 218 Å². The summed E-state index contributed by atoms with van der Waals surface area (Å²) < 4.78 is 14.1. The van der Waals surface area contributed by atoms with Gasteiger partial charge >= 0.3 is 0 Å². The molecule has 6 rings (SSSR count). The summed E-state index contributed by atoms with van der Waals surface area (Å²) in [6.07, 6.45) is 4.35. The van der Waals surface area contributed by atoms with E-state index in [4.69, 9.17) is 4.98 Å². The smallest absolute Gasteiger partial charge is 0.274 e. The van der Waals surface area contributed by atoms with E-state index in [-0.39, 0.29) is 17.7 Å². The molecule has 1 amide bonds. The number of halogens is 1. The number of imidazole rings is 1. The Balaban J connectivity index is 1.23. The molecule has 0 fully saturated rings. The molecule has 2 aromatic carbocycles. The molecule has 0 spiro atoms. The van der Waals surface area contributed by atoms with Crippen LogP contribution in [0, 0.1) is 5.82 Å². The van der Waals surface area contributed by atoms with Crippen molar-refractivity contribution in [2.75, 3.05) is 24.3 Å². The summed E-state index contributed by atoms with van der Waals surface area (Å²) in [5.41, 5.74) is 13.0. The van der Waals surface area contributed by atoms with E-state index in [1.807, 2.05) is 25.1 Å². The quantitative estimate of drug-likeness (QED) is 0.273. The first-order valence-corrected chi connectivity index (χ1v) is 12.5. The maximum absolute atomic E-state index is 14.1. The molecule has 11 heteroatoms. The number of aromatic amines is 1. The van der Waals surface area contributed by atoms with Crippen molar-refractivity contribution in [1.29, 1.82) is 0 Å². The van der Waals surface area contributed by atoms with Crippen molar-refractivity contribution in [3.05, 3.63) is 82.6 Å². The molecule has 5 N–H and O–H groups in total. The topological polar surface area (TPSA) is 131 Å². The van der Waals surface area contributed by atoms with E-state index < -0.39 is 5.82 Å². The molecule has 0 bridgehead atoms. The van der Waals surface area contributed by atoms with Crippen molar-refractivity contribution in [3.63, 3.8) is 0 Å². The van der Waals surface area contributed by atoms with E-state index in [9.17, 15) is 14.3 Å². The minimum atomic E-state index is -0.641. The van der Waals surface area contributed by atoms with Crippen molar-refractivity contribution in [2.24, 2.45) is 0 Å². The van der Waals surface area contributed by atoms with E-state index in [1.165, 1.54) is 24.5 Å². The van der Waals surface area contributed by atoms with E-state index in [0.29, 0.717) is 37.4 Å². The van der Waals surface area contributed by atoms with Crippen LogP contribution in [0.25, 0.3) is 11.1 Å². The fourth-order valence-corrected chi connectivity index (χ4v) is 5.04. The van der Waals surface area contributed by atoms with E-state index in [0.717, 1.165) is 45.2 Å². The predicted molar refractivity (Wildman–Crippen MR) is 140 cm³/mol. The van der Waals surface area contributed by atoms with Crippen LogP contribution >= 0.6 is 0 Å². The van der Waals surface area contributed by atoms with Crippen LogP contribution in [0.5, 0.6) is 5.75 Å². The number of aromatic nitrogens is 4. The van der Waals surface area contributed by atoms with Crippen LogP contribution < -0.4 is 16.2 Å². The monoisotopic (exact) mass is 514 g/mol. The van der Waals surface area contributed by atoms with Gasteiger partial charge in [-0.15, -0.1) is 0 Å². The molecule has 10 nitrogen and oxygen atoms in total. The number of H-pyrrole nitrogens is 1. The third-order valence-electron chi connectivity index (χ3n) is 7.12. The molecule has 2 aromatic heterocycles. The SMILES string of the molecule is CCc1cc(O)c(F)cc1-c1ccc2c(c1)NNC2c1nc2c([nH]1)CCN(C(=O)c1cnc(NC)cn1)C2. The molecule has 4 aromatic rings. The molecule has 0 saturated heterocycles. The average Bonchev–Trinajstić information content (AvgIpc) is 3.57. The fraction of sp³-hybridized carbons (Fsp3) is 0.259. The molecule has 0 radical (unpaired) electrons. The summed E-state index contributed by atoms with van der Waals surface area (Å²) >= 11 is 0. The van der Waals surface area contributed by atoms with Gasteiger partial charge in [-0.2, -0.15) is 0 Å². The number of amides is 1. The Kier molecular flexibility index (Phi) is 5.91. The maximum atomic E-state index is 14.1. The van der Waals surface area contributed by atoms with E-state index >= 15 is 0 Å². The molecule has 0 saturated carbocycles. The standard InChI is InChI=1S/C27H27FN8O2/c1-3-14-9-23(37)18(28)10-17(14)15-4-5-16-20(8-15)34-35-25(16)26-32-19-6-7-36(13-22(19)33-26)27(38)21-11-31-24(29-2)12-30-21/h4-5,8-12,25,34-35,37H,3,6-7,13H2,1-2H3,(H,29,31)(H,32,33). The van der Waals surface area contributed by atoms with Crippen LogP contribution in [0.15, 0.2) is 42.7 Å². The van der Waals surface area contributed by atoms with Crippen LogP contribution in [0.4, 0.5) is 15.9 Å². The van der Waals surface area contributed by atoms with Gasteiger partial charge in [-0.25, -0.2) is 24.8 Å². The lowest BCUT2D eigenvalue weighted by molar-refractivity contribution is 0.0725. The molecule has 1 atom stereocenters. The van der Waals surface area contributed by atoms with Crippen molar-refractivity contribution >= 4 is 17.4 Å². The number of phenolic OH excluding ortho intramolecular Hbond substituents is 1. The highest BCUT2D eigenvalue weighted by molar-refractivity contribution is 5.92. The summed E-state index contributed by atoms with van der Waals surface area (Å²) in [5.74, 6) is 0.202. The van der Waals surface area contributed by atoms with Crippen LogP contribution in [-0.4, -0.2) is 49.4 Å². The molecule has 194 valence electrons. The second kappa shape index (κ2) is 9.42. The van der Waals surface area contributed by atoms with Gasteiger partial charge in [-0.05, 0) is 41.3 Å². The zero-order valence-electron chi connectivity index (χ0n) is 21.0. The number of carbonyl (C=O) groups excluding carboxylic acids is 1. The lowest BCUT2D eigenvalue weighted by Crippen LogP contribution is -2.36. The average molecular weight is 515 g/mol. The van der Waals surface area contributed by atoms with Gasteiger partial charge in [0.1, 0.15) is 23.4 Å². The Bertz CT molecular complexity index is 1540. The van der Waals surface area contributed by atoms with Gasteiger partial charge in [0.25, 0.3) is 5.91 Å². The minimum absolute atomic E-state index is 0.175. The lowest BCUT2D eigenvalue weighted by Gasteiger charge is -2.25. The van der Waals surface area contributed by atoms with Gasteiger partial charge in [0.05, 0.1) is 30.3 Å².